The van der Waals surface area contributed by atoms with Gasteiger partial charge in [-0.3, -0.25) is 4.79 Å². The number of carbonyl (C=O) groups is 1. The van der Waals surface area contributed by atoms with Gasteiger partial charge in [-0.15, -0.1) is 0 Å². The van der Waals surface area contributed by atoms with Crippen LogP contribution in [-0.2, 0) is 4.79 Å². The molecule has 2 aromatic heterocycles. The maximum Gasteiger partial charge on any atom is 0.301 e. The van der Waals surface area contributed by atoms with Crippen molar-refractivity contribution in [1.82, 2.24) is 19.9 Å². The van der Waals surface area contributed by atoms with E-state index in [2.05, 4.69) is 20.3 Å². The fraction of sp³-hybridized carbons (Fsp3) is 0.320. The Labute approximate surface area is 211 Å². The molecular formula is C25H24F2N6O4. The zero-order valence-corrected chi connectivity index (χ0v) is 20.1. The van der Waals surface area contributed by atoms with E-state index >= 15 is 0 Å². The number of ether oxygens (including phenoxy) is 2. The standard InChI is InChI=1S/C25H24F2N6O4/c1-15(34)23(35)33-10-7-21(25(26,27)14-33)37-20-4-3-16(11-17(20)13-28)19-6-9-30-24(32-19)31-18-5-8-29-22(12-18)36-2/h3-6,8-9,11-12,15,21,34H,7,10,14H2,1-2H3,(H,29,30,31,32)/t15?,21-/m1/s1. The number of hydrogen-bond acceptors (Lipinski definition) is 9. The van der Waals surface area contributed by atoms with Crippen LogP contribution in [0.5, 0.6) is 11.6 Å². The second kappa shape index (κ2) is 10.7. The highest BCUT2D eigenvalue weighted by molar-refractivity contribution is 5.80. The van der Waals surface area contributed by atoms with Crippen molar-refractivity contribution in [2.75, 3.05) is 25.5 Å². The molecule has 1 amide bonds. The number of anilines is 2. The van der Waals surface area contributed by atoms with Crippen LogP contribution >= 0.6 is 0 Å². The monoisotopic (exact) mass is 510 g/mol. The fourth-order valence-corrected chi connectivity index (χ4v) is 3.86. The number of halogens is 2. The molecule has 1 aromatic carbocycles. The molecule has 0 aliphatic carbocycles. The quantitative estimate of drug-likeness (QED) is 0.492. The molecule has 1 saturated heterocycles. The van der Waals surface area contributed by atoms with Crippen LogP contribution in [-0.4, -0.2) is 69.2 Å². The van der Waals surface area contributed by atoms with E-state index in [4.69, 9.17) is 9.47 Å². The summed E-state index contributed by atoms with van der Waals surface area (Å²) in [5.74, 6) is -3.41. The van der Waals surface area contributed by atoms with Gasteiger partial charge in [0.15, 0.2) is 6.10 Å². The number of likely N-dealkylation sites (tertiary alicyclic amines) is 1. The van der Waals surface area contributed by atoms with E-state index in [1.807, 2.05) is 6.07 Å². The number of aliphatic hydroxyl groups is 1. The van der Waals surface area contributed by atoms with Crippen LogP contribution < -0.4 is 14.8 Å². The van der Waals surface area contributed by atoms with Gasteiger partial charge in [-0.25, -0.2) is 23.7 Å². The molecule has 37 heavy (non-hydrogen) atoms. The van der Waals surface area contributed by atoms with Crippen molar-refractivity contribution in [2.24, 2.45) is 0 Å². The smallest absolute Gasteiger partial charge is 0.301 e. The van der Waals surface area contributed by atoms with E-state index in [9.17, 15) is 23.9 Å². The first kappa shape index (κ1) is 25.7. The molecule has 1 aliphatic heterocycles. The number of benzene rings is 1. The third kappa shape index (κ3) is 5.90. The molecule has 0 bridgehead atoms. The van der Waals surface area contributed by atoms with E-state index in [0.717, 1.165) is 4.90 Å². The zero-order chi connectivity index (χ0) is 26.6. The summed E-state index contributed by atoms with van der Waals surface area (Å²) in [6.07, 6.45) is 0.0643. The Balaban J connectivity index is 1.51. The summed E-state index contributed by atoms with van der Waals surface area (Å²) in [4.78, 5) is 25.5. The molecule has 0 radical (unpaired) electrons. The first-order valence-corrected chi connectivity index (χ1v) is 11.4. The minimum absolute atomic E-state index is 0.00233. The van der Waals surface area contributed by atoms with E-state index in [1.54, 1.807) is 36.7 Å². The van der Waals surface area contributed by atoms with Crippen molar-refractivity contribution >= 4 is 17.5 Å². The van der Waals surface area contributed by atoms with Crippen molar-refractivity contribution in [2.45, 2.75) is 31.5 Å². The van der Waals surface area contributed by atoms with Gasteiger partial charge in [0, 0.05) is 42.7 Å². The Bertz CT molecular complexity index is 1330. The third-order valence-corrected chi connectivity index (χ3v) is 5.72. The summed E-state index contributed by atoms with van der Waals surface area (Å²) in [5, 5.41) is 22.1. The van der Waals surface area contributed by atoms with E-state index in [0.29, 0.717) is 28.8 Å². The SMILES string of the molecule is COc1cc(Nc2nccc(-c3ccc(O[C@@H]4CCN(C(=O)C(C)O)CC4(F)F)c(C#N)c3)n2)ccn1. The second-order valence-corrected chi connectivity index (χ2v) is 8.39. The lowest BCUT2D eigenvalue weighted by Gasteiger charge is -2.38. The predicted octanol–water partition coefficient (Wildman–Crippen LogP) is 3.16. The number of amides is 1. The van der Waals surface area contributed by atoms with Crippen molar-refractivity contribution in [3.63, 3.8) is 0 Å². The van der Waals surface area contributed by atoms with Crippen molar-refractivity contribution < 1.29 is 28.2 Å². The third-order valence-electron chi connectivity index (χ3n) is 5.72. The summed E-state index contributed by atoms with van der Waals surface area (Å²) in [6.45, 7) is 0.363. The molecule has 0 spiro atoms. The Morgan fingerprint density at radius 1 is 1.27 bits per heavy atom. The van der Waals surface area contributed by atoms with Gasteiger partial charge in [0.2, 0.25) is 11.8 Å². The fourth-order valence-electron chi connectivity index (χ4n) is 3.86. The summed E-state index contributed by atoms with van der Waals surface area (Å²) in [6, 6.07) is 11.6. The Kier molecular flexibility index (Phi) is 7.45. The van der Waals surface area contributed by atoms with E-state index < -0.39 is 30.6 Å². The van der Waals surface area contributed by atoms with Gasteiger partial charge in [-0.05, 0) is 37.3 Å². The van der Waals surface area contributed by atoms with Gasteiger partial charge in [0.25, 0.3) is 5.91 Å². The number of carbonyl (C=O) groups excluding carboxylic acids is 1. The summed E-state index contributed by atoms with van der Waals surface area (Å²) >= 11 is 0. The van der Waals surface area contributed by atoms with Gasteiger partial charge in [0.05, 0.1) is 24.9 Å². The van der Waals surface area contributed by atoms with Gasteiger partial charge < -0.3 is 24.8 Å². The largest absolute Gasteiger partial charge is 0.483 e. The highest BCUT2D eigenvalue weighted by Gasteiger charge is 2.48. The highest BCUT2D eigenvalue weighted by Crippen LogP contribution is 2.34. The maximum absolute atomic E-state index is 14.8. The van der Waals surface area contributed by atoms with Gasteiger partial charge >= 0.3 is 5.92 Å². The molecule has 192 valence electrons. The molecule has 12 heteroatoms. The normalized spacial score (nSPS) is 17.4. The number of aliphatic hydroxyl groups excluding tert-OH is 1. The lowest BCUT2D eigenvalue weighted by Crippen LogP contribution is -2.56. The minimum atomic E-state index is -3.36. The summed E-state index contributed by atoms with van der Waals surface area (Å²) < 4.78 is 40.2. The van der Waals surface area contributed by atoms with Gasteiger partial charge in [-0.1, -0.05) is 0 Å². The number of hydrogen-bond donors (Lipinski definition) is 2. The molecule has 2 atom stereocenters. The Morgan fingerprint density at radius 2 is 2.05 bits per heavy atom. The first-order chi connectivity index (χ1) is 17.7. The number of piperidine rings is 1. The average Bonchev–Trinajstić information content (AvgIpc) is 2.89. The van der Waals surface area contributed by atoms with Crippen LogP contribution in [0.2, 0.25) is 0 Å². The first-order valence-electron chi connectivity index (χ1n) is 11.4. The molecule has 0 saturated carbocycles. The number of aromatic nitrogens is 3. The molecule has 1 unspecified atom stereocenters. The Morgan fingerprint density at radius 3 is 2.76 bits per heavy atom. The van der Waals surface area contributed by atoms with Crippen molar-refractivity contribution in [1.29, 1.82) is 5.26 Å². The van der Waals surface area contributed by atoms with Crippen LogP contribution in [0.3, 0.4) is 0 Å². The molecule has 3 heterocycles. The predicted molar refractivity (Wildman–Crippen MR) is 128 cm³/mol. The van der Waals surface area contributed by atoms with E-state index in [-0.39, 0.29) is 24.3 Å². The van der Waals surface area contributed by atoms with Crippen molar-refractivity contribution in [3.8, 4) is 29.0 Å². The van der Waals surface area contributed by atoms with Crippen LogP contribution in [0, 0.1) is 11.3 Å². The minimum Gasteiger partial charge on any atom is -0.483 e. The molecule has 4 rings (SSSR count). The molecule has 1 aliphatic rings. The molecule has 2 N–H and O–H groups in total. The lowest BCUT2D eigenvalue weighted by molar-refractivity contribution is -0.165. The molecular weight excluding hydrogens is 486 g/mol. The Hall–Kier alpha value is -4.37. The van der Waals surface area contributed by atoms with Gasteiger partial charge in [0.1, 0.15) is 17.9 Å². The maximum atomic E-state index is 14.8. The van der Waals surface area contributed by atoms with Gasteiger partial charge in [-0.2, -0.15) is 5.26 Å². The molecule has 1 fully saturated rings. The molecule has 10 nitrogen and oxygen atoms in total. The summed E-state index contributed by atoms with van der Waals surface area (Å²) in [7, 11) is 1.51. The number of pyridine rings is 1. The number of nitrogens with zero attached hydrogens (tertiary/aromatic N) is 5. The topological polar surface area (TPSA) is 133 Å². The van der Waals surface area contributed by atoms with E-state index in [1.165, 1.54) is 26.2 Å². The van der Waals surface area contributed by atoms with Crippen LogP contribution in [0.25, 0.3) is 11.3 Å². The van der Waals surface area contributed by atoms with Crippen molar-refractivity contribution in [3.05, 3.63) is 54.4 Å². The summed E-state index contributed by atoms with van der Waals surface area (Å²) in [5.41, 5.74) is 1.78. The van der Waals surface area contributed by atoms with Crippen LogP contribution in [0.1, 0.15) is 18.9 Å². The highest BCUT2D eigenvalue weighted by atomic mass is 19.3. The number of rotatable bonds is 7. The average molecular weight is 511 g/mol. The number of nitriles is 1. The number of alkyl halides is 2. The van der Waals surface area contributed by atoms with Crippen LogP contribution in [0.15, 0.2) is 48.8 Å². The lowest BCUT2D eigenvalue weighted by atomic mass is 10.0. The second-order valence-electron chi connectivity index (χ2n) is 8.39. The zero-order valence-electron chi connectivity index (χ0n) is 20.1. The van der Waals surface area contributed by atoms with Crippen LogP contribution in [0.4, 0.5) is 20.4 Å². The number of methoxy groups -OCH3 is 1. The molecule has 3 aromatic rings. The number of nitrogens with one attached hydrogen (secondary N) is 1.